The van der Waals surface area contributed by atoms with Crippen LogP contribution in [0.3, 0.4) is 0 Å². The average Bonchev–Trinajstić information content (AvgIpc) is 2.67. The molecule has 1 atom stereocenters. The van der Waals surface area contributed by atoms with Crippen LogP contribution in [-0.4, -0.2) is 25.2 Å². The molecule has 1 unspecified atom stereocenters. The number of anilines is 1. The van der Waals surface area contributed by atoms with Crippen molar-refractivity contribution in [3.8, 4) is 5.75 Å². The molecule has 2 heterocycles. The van der Waals surface area contributed by atoms with E-state index in [9.17, 15) is 4.79 Å². The van der Waals surface area contributed by atoms with Gasteiger partial charge in [-0.15, -0.1) is 0 Å². The third-order valence-electron chi connectivity index (χ3n) is 3.44. The van der Waals surface area contributed by atoms with Crippen molar-refractivity contribution >= 4 is 27.5 Å². The van der Waals surface area contributed by atoms with Crippen molar-refractivity contribution < 1.29 is 14.3 Å². The number of carbonyl (C=O) groups is 1. The van der Waals surface area contributed by atoms with Gasteiger partial charge in [-0.25, -0.2) is 0 Å². The van der Waals surface area contributed by atoms with Crippen molar-refractivity contribution in [2.75, 3.05) is 18.5 Å². The summed E-state index contributed by atoms with van der Waals surface area (Å²) in [6.07, 6.45) is 1.93. The standard InChI is InChI=1S/C13H15BrN2O3/c14-9-5-8-10(16-13(17)12(8)15)6-11(9)19-7-1-3-18-4-2-7/h5-7,12H,1-4,15H2,(H,16,17). The lowest BCUT2D eigenvalue weighted by Crippen LogP contribution is -2.26. The van der Waals surface area contributed by atoms with E-state index in [1.807, 2.05) is 12.1 Å². The monoisotopic (exact) mass is 326 g/mol. The molecule has 0 bridgehead atoms. The van der Waals surface area contributed by atoms with Crippen LogP contribution in [-0.2, 0) is 9.53 Å². The highest BCUT2D eigenvalue weighted by Gasteiger charge is 2.29. The number of carbonyl (C=O) groups excluding carboxylic acids is 1. The summed E-state index contributed by atoms with van der Waals surface area (Å²) in [5, 5.41) is 2.76. The largest absolute Gasteiger partial charge is 0.489 e. The van der Waals surface area contributed by atoms with Gasteiger partial charge < -0.3 is 20.5 Å². The van der Waals surface area contributed by atoms with Crippen molar-refractivity contribution in [1.29, 1.82) is 0 Å². The number of nitrogens with two attached hydrogens (primary N) is 1. The molecule has 0 aromatic heterocycles. The van der Waals surface area contributed by atoms with Gasteiger partial charge in [0.05, 0.1) is 17.7 Å². The zero-order valence-electron chi connectivity index (χ0n) is 10.3. The Hall–Kier alpha value is -1.11. The minimum atomic E-state index is -0.594. The predicted octanol–water partition coefficient (Wildman–Crippen LogP) is 1.96. The third kappa shape index (κ3) is 2.48. The van der Waals surface area contributed by atoms with Crippen molar-refractivity contribution in [3.05, 3.63) is 22.2 Å². The molecule has 102 valence electrons. The van der Waals surface area contributed by atoms with Crippen LogP contribution in [0.2, 0.25) is 0 Å². The summed E-state index contributed by atoms with van der Waals surface area (Å²) in [6, 6.07) is 3.09. The molecule has 1 amide bonds. The summed E-state index contributed by atoms with van der Waals surface area (Å²) in [7, 11) is 0. The Labute approximate surface area is 119 Å². The second kappa shape index (κ2) is 5.11. The lowest BCUT2D eigenvalue weighted by atomic mass is 10.1. The van der Waals surface area contributed by atoms with E-state index in [2.05, 4.69) is 21.2 Å². The number of rotatable bonds is 2. The molecule has 2 aliphatic rings. The topological polar surface area (TPSA) is 73.6 Å². The zero-order valence-corrected chi connectivity index (χ0v) is 11.9. The van der Waals surface area contributed by atoms with E-state index >= 15 is 0 Å². The second-order valence-corrected chi connectivity index (χ2v) is 5.62. The van der Waals surface area contributed by atoms with Crippen LogP contribution in [0.15, 0.2) is 16.6 Å². The molecule has 1 aromatic carbocycles. The average molecular weight is 327 g/mol. The van der Waals surface area contributed by atoms with E-state index in [0.29, 0.717) is 0 Å². The lowest BCUT2D eigenvalue weighted by Gasteiger charge is -2.24. The van der Waals surface area contributed by atoms with Crippen molar-refractivity contribution in [3.63, 3.8) is 0 Å². The fraction of sp³-hybridized carbons (Fsp3) is 0.462. The summed E-state index contributed by atoms with van der Waals surface area (Å²) in [5.74, 6) is 0.560. The number of fused-ring (bicyclic) bond motifs is 1. The highest BCUT2D eigenvalue weighted by atomic mass is 79.9. The van der Waals surface area contributed by atoms with E-state index in [1.165, 1.54) is 0 Å². The number of amides is 1. The maximum absolute atomic E-state index is 11.5. The Morgan fingerprint density at radius 1 is 1.37 bits per heavy atom. The van der Waals surface area contributed by atoms with Crippen LogP contribution >= 0.6 is 15.9 Å². The number of nitrogens with one attached hydrogen (secondary N) is 1. The van der Waals surface area contributed by atoms with Crippen LogP contribution in [0.25, 0.3) is 0 Å². The van der Waals surface area contributed by atoms with E-state index in [1.54, 1.807) is 0 Å². The highest BCUT2D eigenvalue weighted by Crippen LogP contribution is 2.38. The molecule has 0 spiro atoms. The van der Waals surface area contributed by atoms with Crippen LogP contribution in [0.1, 0.15) is 24.4 Å². The van der Waals surface area contributed by atoms with E-state index in [0.717, 1.165) is 47.5 Å². The lowest BCUT2D eigenvalue weighted by molar-refractivity contribution is -0.116. The Balaban J connectivity index is 1.83. The van der Waals surface area contributed by atoms with Crippen molar-refractivity contribution in [1.82, 2.24) is 0 Å². The number of benzene rings is 1. The van der Waals surface area contributed by atoms with Gasteiger partial charge in [0.2, 0.25) is 5.91 Å². The molecule has 5 nitrogen and oxygen atoms in total. The first-order valence-corrected chi connectivity index (χ1v) is 7.09. The summed E-state index contributed by atoms with van der Waals surface area (Å²) < 4.78 is 12.1. The molecular formula is C13H15BrN2O3. The molecule has 2 aliphatic heterocycles. The van der Waals surface area contributed by atoms with Gasteiger partial charge in [-0.05, 0) is 22.0 Å². The second-order valence-electron chi connectivity index (χ2n) is 4.77. The maximum Gasteiger partial charge on any atom is 0.245 e. The zero-order chi connectivity index (χ0) is 13.4. The van der Waals surface area contributed by atoms with E-state index in [-0.39, 0.29) is 12.0 Å². The number of ether oxygens (including phenoxy) is 2. The highest BCUT2D eigenvalue weighted by molar-refractivity contribution is 9.10. The van der Waals surface area contributed by atoms with Crippen molar-refractivity contribution in [2.24, 2.45) is 5.73 Å². The van der Waals surface area contributed by atoms with Crippen LogP contribution in [0.5, 0.6) is 5.75 Å². The van der Waals surface area contributed by atoms with Gasteiger partial charge in [0.1, 0.15) is 17.9 Å². The maximum atomic E-state index is 11.5. The molecule has 3 N–H and O–H groups in total. The first-order valence-electron chi connectivity index (χ1n) is 6.29. The molecule has 3 rings (SSSR count). The van der Waals surface area contributed by atoms with Crippen LogP contribution < -0.4 is 15.8 Å². The molecule has 19 heavy (non-hydrogen) atoms. The van der Waals surface area contributed by atoms with Gasteiger partial charge in [-0.2, -0.15) is 0 Å². The fourth-order valence-electron chi connectivity index (χ4n) is 2.35. The summed E-state index contributed by atoms with van der Waals surface area (Å²) >= 11 is 3.47. The molecule has 1 fully saturated rings. The quantitative estimate of drug-likeness (QED) is 0.871. The van der Waals surface area contributed by atoms with Crippen molar-refractivity contribution in [2.45, 2.75) is 25.0 Å². The fourth-order valence-corrected chi connectivity index (χ4v) is 2.80. The molecule has 0 aliphatic carbocycles. The van der Waals surface area contributed by atoms with Gasteiger partial charge in [-0.3, -0.25) is 4.79 Å². The molecule has 0 radical (unpaired) electrons. The summed E-state index contributed by atoms with van der Waals surface area (Å²) in [4.78, 5) is 11.5. The smallest absolute Gasteiger partial charge is 0.245 e. The number of hydrogen-bond acceptors (Lipinski definition) is 4. The Morgan fingerprint density at radius 3 is 2.84 bits per heavy atom. The molecule has 0 saturated carbocycles. The SMILES string of the molecule is NC1C(=O)Nc2cc(OC3CCOCC3)c(Br)cc21. The minimum Gasteiger partial charge on any atom is -0.489 e. The van der Waals surface area contributed by atoms with Gasteiger partial charge >= 0.3 is 0 Å². The number of hydrogen-bond donors (Lipinski definition) is 2. The molecular weight excluding hydrogens is 312 g/mol. The van der Waals surface area contributed by atoms with E-state index < -0.39 is 6.04 Å². The minimum absolute atomic E-state index is 0.161. The first-order chi connectivity index (χ1) is 9.15. The van der Waals surface area contributed by atoms with Gasteiger partial charge in [0, 0.05) is 30.2 Å². The van der Waals surface area contributed by atoms with Crippen LogP contribution in [0.4, 0.5) is 5.69 Å². The van der Waals surface area contributed by atoms with Gasteiger partial charge in [0.25, 0.3) is 0 Å². The summed E-state index contributed by atoms with van der Waals surface area (Å²) in [6.45, 7) is 1.46. The Kier molecular flexibility index (Phi) is 3.47. The molecule has 1 aromatic rings. The Morgan fingerprint density at radius 2 is 2.11 bits per heavy atom. The summed E-state index contributed by atoms with van der Waals surface area (Å²) in [5.41, 5.74) is 7.34. The van der Waals surface area contributed by atoms with E-state index in [4.69, 9.17) is 15.2 Å². The third-order valence-corrected chi connectivity index (χ3v) is 4.06. The Bertz CT molecular complexity index is 515. The molecule has 6 heteroatoms. The van der Waals surface area contributed by atoms with Crippen LogP contribution in [0, 0.1) is 0 Å². The normalized spacial score (nSPS) is 23.1. The van der Waals surface area contributed by atoms with Gasteiger partial charge in [-0.1, -0.05) is 0 Å². The predicted molar refractivity (Wildman–Crippen MR) is 74.2 cm³/mol. The first kappa shape index (κ1) is 12.9. The molecule has 1 saturated heterocycles. The number of halogens is 1. The van der Waals surface area contributed by atoms with Gasteiger partial charge in [0.15, 0.2) is 0 Å².